The first kappa shape index (κ1) is 26.7. The summed E-state index contributed by atoms with van der Waals surface area (Å²) in [5.74, 6) is 1.20. The number of aliphatic hydroxyl groups excluding tert-OH is 2. The summed E-state index contributed by atoms with van der Waals surface area (Å²) in [6, 6.07) is 2.39. The third kappa shape index (κ3) is 3.98. The molecule has 4 fully saturated rings. The minimum Gasteiger partial charge on any atom is -0.393 e. The maximum atomic E-state index is 13.9. The summed E-state index contributed by atoms with van der Waals surface area (Å²) in [4.78, 5) is 14.8. The molecule has 5 aliphatic rings. The lowest BCUT2D eigenvalue weighted by Gasteiger charge is -2.62. The average Bonchev–Trinajstić information content (AvgIpc) is 3.45. The van der Waals surface area contributed by atoms with Crippen molar-refractivity contribution in [2.75, 3.05) is 11.4 Å². The Morgan fingerprint density at radius 2 is 1.82 bits per heavy atom. The molecule has 210 valence electrons. The molecule has 0 saturated heterocycles. The van der Waals surface area contributed by atoms with Crippen LogP contribution in [0.1, 0.15) is 90.5 Å². The Morgan fingerprint density at radius 1 is 1.05 bits per heavy atom. The fraction of sp³-hybridized carbons (Fsp3) is 0.781. The lowest BCUT2D eigenvalue weighted by atomic mass is 9.43. The van der Waals surface area contributed by atoms with Crippen molar-refractivity contribution in [1.29, 1.82) is 0 Å². The summed E-state index contributed by atoms with van der Waals surface area (Å²) in [6.45, 7) is 7.51. The molecular formula is C32H45F2NO3. The van der Waals surface area contributed by atoms with E-state index < -0.39 is 11.6 Å². The fourth-order valence-corrected chi connectivity index (χ4v) is 10.5. The molecule has 2 N–H and O–H groups in total. The van der Waals surface area contributed by atoms with Gasteiger partial charge in [-0.05, 0) is 122 Å². The van der Waals surface area contributed by atoms with Crippen molar-refractivity contribution in [2.24, 2.45) is 46.3 Å². The number of halogens is 2. The van der Waals surface area contributed by atoms with Crippen LogP contribution >= 0.6 is 0 Å². The van der Waals surface area contributed by atoms with Crippen molar-refractivity contribution >= 4 is 11.6 Å². The lowest BCUT2D eigenvalue weighted by Crippen LogP contribution is -2.58. The van der Waals surface area contributed by atoms with E-state index in [9.17, 15) is 23.8 Å². The van der Waals surface area contributed by atoms with E-state index in [1.165, 1.54) is 25.0 Å². The number of hydrogen-bond acceptors (Lipinski definition) is 3. The molecule has 38 heavy (non-hydrogen) atoms. The van der Waals surface area contributed by atoms with E-state index in [0.29, 0.717) is 66.1 Å². The quantitative estimate of drug-likeness (QED) is 0.484. The first-order chi connectivity index (χ1) is 18.0. The molecule has 6 heteroatoms. The van der Waals surface area contributed by atoms with Crippen LogP contribution in [0.2, 0.25) is 0 Å². The van der Waals surface area contributed by atoms with Crippen LogP contribution < -0.4 is 4.90 Å². The van der Waals surface area contributed by atoms with Gasteiger partial charge in [-0.25, -0.2) is 8.78 Å². The van der Waals surface area contributed by atoms with Crippen LogP contribution in [-0.2, 0) is 11.2 Å². The number of nitrogens with zero attached hydrogens (tertiary/aromatic N) is 1. The molecule has 1 aromatic carbocycles. The zero-order valence-corrected chi connectivity index (χ0v) is 23.3. The maximum absolute atomic E-state index is 13.9. The predicted octanol–water partition coefficient (Wildman–Crippen LogP) is 6.26. The van der Waals surface area contributed by atoms with Gasteiger partial charge in [0.2, 0.25) is 5.91 Å². The number of carbonyl (C=O) groups is 1. The van der Waals surface area contributed by atoms with E-state index in [1.54, 1.807) is 4.90 Å². The molecule has 0 bridgehead atoms. The summed E-state index contributed by atoms with van der Waals surface area (Å²) in [5.41, 5.74) is 1.33. The molecule has 1 aromatic rings. The molecule has 1 aliphatic heterocycles. The van der Waals surface area contributed by atoms with E-state index in [-0.39, 0.29) is 28.9 Å². The van der Waals surface area contributed by atoms with Gasteiger partial charge in [-0.15, -0.1) is 0 Å². The van der Waals surface area contributed by atoms with Crippen LogP contribution in [0, 0.1) is 58.0 Å². The standard InChI is InChI=1S/C32H45F2NO3/c1-18(4-9-30(38)35-13-11-19-14-26(33)27(34)17-28(19)35)23-7-8-24-22-6-5-20-15-21(36)10-12-31(20,2)25(22)16-29(37)32(23,24)3/h14,17-18,20-25,29,36-37H,4-13,15-16H2,1-3H3/t18-,20-,21-,22+,23-,24+,25+,29+,31+,32-/m1/s1. The minimum atomic E-state index is -0.904. The molecule has 6 rings (SSSR count). The zero-order chi connectivity index (χ0) is 27.0. The first-order valence-corrected chi connectivity index (χ1v) is 15.2. The van der Waals surface area contributed by atoms with E-state index in [0.717, 1.165) is 44.9 Å². The Kier molecular flexibility index (Phi) is 6.70. The van der Waals surface area contributed by atoms with Crippen LogP contribution in [0.25, 0.3) is 0 Å². The summed E-state index contributed by atoms with van der Waals surface area (Å²) in [5, 5.41) is 22.1. The van der Waals surface area contributed by atoms with Gasteiger partial charge in [-0.1, -0.05) is 20.8 Å². The largest absolute Gasteiger partial charge is 0.393 e. The molecule has 0 aromatic heterocycles. The van der Waals surface area contributed by atoms with Crippen molar-refractivity contribution in [3.63, 3.8) is 0 Å². The third-order valence-corrected chi connectivity index (χ3v) is 12.6. The van der Waals surface area contributed by atoms with E-state index >= 15 is 0 Å². The summed E-state index contributed by atoms with van der Waals surface area (Å²) in [7, 11) is 0. The highest BCUT2D eigenvalue weighted by Gasteiger charge is 2.63. The highest BCUT2D eigenvalue weighted by Crippen LogP contribution is 2.68. The predicted molar refractivity (Wildman–Crippen MR) is 143 cm³/mol. The van der Waals surface area contributed by atoms with Crippen molar-refractivity contribution < 1.29 is 23.8 Å². The number of benzene rings is 1. The highest BCUT2D eigenvalue weighted by molar-refractivity contribution is 5.95. The van der Waals surface area contributed by atoms with Crippen molar-refractivity contribution in [3.8, 4) is 0 Å². The Hall–Kier alpha value is -1.53. The zero-order valence-electron chi connectivity index (χ0n) is 23.3. The molecule has 4 saturated carbocycles. The lowest BCUT2D eigenvalue weighted by molar-refractivity contribution is -0.174. The van der Waals surface area contributed by atoms with Gasteiger partial charge >= 0.3 is 0 Å². The van der Waals surface area contributed by atoms with E-state index in [2.05, 4.69) is 20.8 Å². The third-order valence-electron chi connectivity index (χ3n) is 12.6. The summed E-state index contributed by atoms with van der Waals surface area (Å²) in [6.07, 6.45) is 9.66. The van der Waals surface area contributed by atoms with Crippen molar-refractivity contribution in [2.45, 2.75) is 104 Å². The van der Waals surface area contributed by atoms with Gasteiger partial charge in [0.25, 0.3) is 0 Å². The molecule has 0 radical (unpaired) electrons. The number of rotatable bonds is 4. The van der Waals surface area contributed by atoms with Crippen LogP contribution in [0.5, 0.6) is 0 Å². The summed E-state index contributed by atoms with van der Waals surface area (Å²) >= 11 is 0. The second kappa shape index (κ2) is 9.54. The number of anilines is 1. The molecule has 4 aliphatic carbocycles. The first-order valence-electron chi connectivity index (χ1n) is 15.2. The van der Waals surface area contributed by atoms with Crippen molar-refractivity contribution in [1.82, 2.24) is 0 Å². The Balaban J connectivity index is 1.14. The molecule has 0 spiro atoms. The second-order valence-electron chi connectivity index (χ2n) is 14.1. The van der Waals surface area contributed by atoms with Gasteiger partial charge in [0.15, 0.2) is 11.6 Å². The van der Waals surface area contributed by atoms with Gasteiger partial charge in [-0.2, -0.15) is 0 Å². The van der Waals surface area contributed by atoms with Gasteiger partial charge in [0.05, 0.1) is 12.2 Å². The molecule has 1 heterocycles. The van der Waals surface area contributed by atoms with Gasteiger partial charge < -0.3 is 15.1 Å². The Morgan fingerprint density at radius 3 is 2.61 bits per heavy atom. The van der Waals surface area contributed by atoms with E-state index in [1.807, 2.05) is 0 Å². The van der Waals surface area contributed by atoms with Gasteiger partial charge in [0.1, 0.15) is 0 Å². The normalized spacial score (nSPS) is 42.7. The number of carbonyl (C=O) groups excluding carboxylic acids is 1. The number of fused-ring (bicyclic) bond motifs is 6. The van der Waals surface area contributed by atoms with Crippen molar-refractivity contribution in [3.05, 3.63) is 29.3 Å². The molecule has 4 nitrogen and oxygen atoms in total. The van der Waals surface area contributed by atoms with Crippen LogP contribution in [-0.4, -0.2) is 34.9 Å². The van der Waals surface area contributed by atoms with Crippen LogP contribution in [0.15, 0.2) is 12.1 Å². The monoisotopic (exact) mass is 529 g/mol. The van der Waals surface area contributed by atoms with Gasteiger partial charge in [-0.3, -0.25) is 4.79 Å². The maximum Gasteiger partial charge on any atom is 0.227 e. The minimum absolute atomic E-state index is 0.0173. The highest BCUT2D eigenvalue weighted by atomic mass is 19.2. The summed E-state index contributed by atoms with van der Waals surface area (Å²) < 4.78 is 27.5. The van der Waals surface area contributed by atoms with Gasteiger partial charge in [0, 0.05) is 24.7 Å². The Labute approximate surface area is 226 Å². The van der Waals surface area contributed by atoms with Crippen LogP contribution in [0.3, 0.4) is 0 Å². The Bertz CT molecular complexity index is 1090. The molecule has 0 unspecified atom stereocenters. The average molecular weight is 530 g/mol. The van der Waals surface area contributed by atoms with E-state index in [4.69, 9.17) is 0 Å². The fourth-order valence-electron chi connectivity index (χ4n) is 10.5. The molecular weight excluding hydrogens is 484 g/mol. The molecule has 10 atom stereocenters. The number of aliphatic hydroxyl groups is 2. The van der Waals surface area contributed by atoms with Crippen LogP contribution in [0.4, 0.5) is 14.5 Å². The number of amides is 1. The second-order valence-corrected chi connectivity index (χ2v) is 14.1. The smallest absolute Gasteiger partial charge is 0.227 e. The SMILES string of the molecule is C[C@H](CCC(=O)N1CCc2cc(F)c(F)cc21)[C@H]1CC[C@H]2[C@@H]3CC[C@@H]4C[C@H](O)CC[C@]4(C)[C@H]3C[C@H](O)[C@]12C. The number of hydrogen-bond donors (Lipinski definition) is 2. The molecule has 1 amide bonds. The topological polar surface area (TPSA) is 60.8 Å².